The number of aromatic nitrogens is 2. The zero-order valence-electron chi connectivity index (χ0n) is 14.1. The lowest BCUT2D eigenvalue weighted by molar-refractivity contribution is 0.0889. The minimum atomic E-state index is -0.0324. The third kappa shape index (κ3) is 3.60. The molecule has 0 aliphatic carbocycles. The zero-order chi connectivity index (χ0) is 17.1. The van der Waals surface area contributed by atoms with Crippen molar-refractivity contribution in [1.82, 2.24) is 14.9 Å². The van der Waals surface area contributed by atoms with E-state index >= 15 is 0 Å². The maximum Gasteiger partial charge on any atom is 0.290 e. The summed E-state index contributed by atoms with van der Waals surface area (Å²) in [5.74, 6) is 3.03. The second-order valence-corrected chi connectivity index (χ2v) is 6.10. The van der Waals surface area contributed by atoms with Crippen LogP contribution in [0.3, 0.4) is 0 Å². The minimum absolute atomic E-state index is 0.0324. The van der Waals surface area contributed by atoms with Crippen molar-refractivity contribution in [3.05, 3.63) is 66.4 Å². The summed E-state index contributed by atoms with van der Waals surface area (Å²) < 4.78 is 19.3. The van der Waals surface area contributed by atoms with Crippen molar-refractivity contribution in [2.45, 2.75) is 25.1 Å². The highest BCUT2D eigenvalue weighted by atomic mass is 16.6. The number of hydrogen-bond acceptors (Lipinski definition) is 5. The molecule has 1 aromatic carbocycles. The predicted molar refractivity (Wildman–Crippen MR) is 92.4 cm³/mol. The second-order valence-electron chi connectivity index (χ2n) is 6.10. The number of benzene rings is 1. The van der Waals surface area contributed by atoms with Gasteiger partial charge >= 0.3 is 0 Å². The van der Waals surface area contributed by atoms with Crippen LogP contribution in [-0.4, -0.2) is 22.2 Å². The fourth-order valence-electron chi connectivity index (χ4n) is 3.05. The van der Waals surface area contributed by atoms with Crippen LogP contribution in [0.15, 0.2) is 59.3 Å². The van der Waals surface area contributed by atoms with Gasteiger partial charge in [0.25, 0.3) is 5.95 Å². The molecular weight excluding hydrogens is 318 g/mol. The highest BCUT2D eigenvalue weighted by molar-refractivity contribution is 5.26. The van der Waals surface area contributed by atoms with Gasteiger partial charge in [-0.05, 0) is 24.6 Å². The van der Waals surface area contributed by atoms with Crippen LogP contribution in [0.2, 0.25) is 0 Å². The quantitative estimate of drug-likeness (QED) is 0.745. The normalized spacial score (nSPS) is 20.0. The predicted octanol–water partition coefficient (Wildman–Crippen LogP) is 3.43. The standard InChI is InChI=1S/C19H21N3O3/c1-22-11-10-20-19(22)18-16(9-12-23-18)21-13-15-7-8-17(25-15)24-14-5-3-2-4-6-14/h2-8,10-11,16,18,21H,9,12-13H2,1H3/t16-,18-/m0/s1. The Morgan fingerprint density at radius 3 is 2.92 bits per heavy atom. The second kappa shape index (κ2) is 7.13. The first-order valence-electron chi connectivity index (χ1n) is 8.43. The van der Waals surface area contributed by atoms with Crippen LogP contribution in [0.4, 0.5) is 0 Å². The Labute approximate surface area is 146 Å². The lowest BCUT2D eigenvalue weighted by Gasteiger charge is -2.19. The molecule has 0 saturated carbocycles. The van der Waals surface area contributed by atoms with Crippen molar-refractivity contribution in [1.29, 1.82) is 0 Å². The van der Waals surface area contributed by atoms with Crippen LogP contribution in [0.25, 0.3) is 0 Å². The summed E-state index contributed by atoms with van der Waals surface area (Å²) in [7, 11) is 1.99. The maximum absolute atomic E-state index is 5.86. The molecule has 1 aliphatic rings. The van der Waals surface area contributed by atoms with Gasteiger partial charge in [0.15, 0.2) is 0 Å². The van der Waals surface area contributed by atoms with Crippen LogP contribution in [0.5, 0.6) is 11.7 Å². The third-order valence-electron chi connectivity index (χ3n) is 4.34. The molecule has 4 rings (SSSR count). The fourth-order valence-corrected chi connectivity index (χ4v) is 3.05. The van der Waals surface area contributed by atoms with E-state index in [1.54, 1.807) is 6.20 Å². The fraction of sp³-hybridized carbons (Fsp3) is 0.316. The van der Waals surface area contributed by atoms with Gasteiger partial charge in [-0.2, -0.15) is 0 Å². The minimum Gasteiger partial charge on any atom is -0.429 e. The van der Waals surface area contributed by atoms with E-state index in [-0.39, 0.29) is 12.1 Å². The van der Waals surface area contributed by atoms with Crippen LogP contribution >= 0.6 is 0 Å². The van der Waals surface area contributed by atoms with E-state index in [4.69, 9.17) is 13.9 Å². The topological polar surface area (TPSA) is 61.5 Å². The summed E-state index contributed by atoms with van der Waals surface area (Å²) in [5.41, 5.74) is 0. The van der Waals surface area contributed by atoms with E-state index in [1.807, 2.05) is 60.3 Å². The Hall–Kier alpha value is -2.57. The van der Waals surface area contributed by atoms with Gasteiger partial charge in [0.05, 0.1) is 6.54 Å². The van der Waals surface area contributed by atoms with Crippen LogP contribution in [0.1, 0.15) is 24.1 Å². The Kier molecular flexibility index (Phi) is 4.54. The van der Waals surface area contributed by atoms with Crippen molar-refractivity contribution in [2.75, 3.05) is 6.61 Å². The van der Waals surface area contributed by atoms with Crippen molar-refractivity contribution in [3.63, 3.8) is 0 Å². The molecule has 1 aliphatic heterocycles. The van der Waals surface area contributed by atoms with Crippen molar-refractivity contribution < 1.29 is 13.9 Å². The van der Waals surface area contributed by atoms with Gasteiger partial charge in [-0.3, -0.25) is 0 Å². The number of aryl methyl sites for hydroxylation is 1. The summed E-state index contributed by atoms with van der Waals surface area (Å²) >= 11 is 0. The molecule has 1 saturated heterocycles. The van der Waals surface area contributed by atoms with Crippen LogP contribution < -0.4 is 10.1 Å². The molecule has 2 aromatic heterocycles. The molecule has 0 unspecified atom stereocenters. The first-order valence-corrected chi connectivity index (χ1v) is 8.43. The molecule has 0 bridgehead atoms. The molecule has 25 heavy (non-hydrogen) atoms. The lowest BCUT2D eigenvalue weighted by Crippen LogP contribution is -2.32. The number of ether oxygens (including phenoxy) is 2. The average molecular weight is 339 g/mol. The molecule has 3 aromatic rings. The Bertz CT molecular complexity index is 812. The van der Waals surface area contributed by atoms with E-state index in [2.05, 4.69) is 10.3 Å². The molecule has 6 heteroatoms. The van der Waals surface area contributed by atoms with E-state index in [0.29, 0.717) is 12.5 Å². The molecule has 2 atom stereocenters. The van der Waals surface area contributed by atoms with Gasteiger partial charge < -0.3 is 23.8 Å². The first-order chi connectivity index (χ1) is 12.3. The van der Waals surface area contributed by atoms with Gasteiger partial charge in [0, 0.05) is 38.2 Å². The van der Waals surface area contributed by atoms with Crippen LogP contribution in [0, 0.1) is 0 Å². The Morgan fingerprint density at radius 1 is 1.24 bits per heavy atom. The summed E-state index contributed by atoms with van der Waals surface area (Å²) in [6, 6.07) is 13.6. The first kappa shape index (κ1) is 15.9. The summed E-state index contributed by atoms with van der Waals surface area (Å²) in [4.78, 5) is 4.41. The number of nitrogens with zero attached hydrogens (tertiary/aromatic N) is 2. The highest BCUT2D eigenvalue weighted by Crippen LogP contribution is 2.28. The smallest absolute Gasteiger partial charge is 0.290 e. The Balaban J connectivity index is 1.36. The monoisotopic (exact) mass is 339 g/mol. The van der Waals surface area contributed by atoms with Gasteiger partial charge in [-0.1, -0.05) is 18.2 Å². The van der Waals surface area contributed by atoms with E-state index in [1.165, 1.54) is 0 Å². The molecule has 0 spiro atoms. The number of hydrogen-bond donors (Lipinski definition) is 1. The van der Waals surface area contributed by atoms with Gasteiger partial charge in [-0.25, -0.2) is 4.98 Å². The molecule has 3 heterocycles. The number of rotatable bonds is 6. The number of furan rings is 1. The van der Waals surface area contributed by atoms with E-state index < -0.39 is 0 Å². The van der Waals surface area contributed by atoms with Gasteiger partial charge in [-0.15, -0.1) is 0 Å². The van der Waals surface area contributed by atoms with Crippen molar-refractivity contribution in [3.8, 4) is 11.7 Å². The van der Waals surface area contributed by atoms with Crippen molar-refractivity contribution >= 4 is 0 Å². The SMILES string of the molecule is Cn1ccnc1[C@H]1OCC[C@@H]1NCc1ccc(Oc2ccccc2)o1. The molecule has 6 nitrogen and oxygen atoms in total. The molecule has 1 fully saturated rings. The molecule has 0 amide bonds. The maximum atomic E-state index is 5.86. The summed E-state index contributed by atoms with van der Waals surface area (Å²) in [6.07, 6.45) is 4.66. The highest BCUT2D eigenvalue weighted by Gasteiger charge is 2.32. The lowest BCUT2D eigenvalue weighted by atomic mass is 10.1. The number of nitrogens with one attached hydrogen (secondary N) is 1. The van der Waals surface area contributed by atoms with Gasteiger partial charge in [0.2, 0.25) is 0 Å². The summed E-state index contributed by atoms with van der Waals surface area (Å²) in [6.45, 7) is 1.35. The third-order valence-corrected chi connectivity index (χ3v) is 4.34. The van der Waals surface area contributed by atoms with Crippen LogP contribution in [-0.2, 0) is 18.3 Å². The van der Waals surface area contributed by atoms with Gasteiger partial charge in [0.1, 0.15) is 23.4 Å². The Morgan fingerprint density at radius 2 is 2.12 bits per heavy atom. The van der Waals surface area contributed by atoms with E-state index in [9.17, 15) is 0 Å². The zero-order valence-corrected chi connectivity index (χ0v) is 14.1. The molecule has 0 radical (unpaired) electrons. The molecular formula is C19H21N3O3. The molecule has 130 valence electrons. The number of imidazole rings is 1. The average Bonchev–Trinajstić information content (AvgIpc) is 3.35. The number of para-hydroxylation sites is 1. The van der Waals surface area contributed by atoms with E-state index in [0.717, 1.165) is 30.4 Å². The summed E-state index contributed by atoms with van der Waals surface area (Å²) in [5, 5.41) is 3.51. The van der Waals surface area contributed by atoms with Crippen molar-refractivity contribution in [2.24, 2.45) is 7.05 Å². The molecule has 1 N–H and O–H groups in total. The largest absolute Gasteiger partial charge is 0.429 e.